The van der Waals surface area contributed by atoms with Crippen molar-refractivity contribution >= 4 is 6.09 Å². The van der Waals surface area contributed by atoms with Gasteiger partial charge in [-0.15, -0.1) is 0 Å². The normalized spacial score (nSPS) is 13.7. The van der Waals surface area contributed by atoms with Gasteiger partial charge in [0.1, 0.15) is 6.61 Å². The quantitative estimate of drug-likeness (QED) is 0.793. The molecule has 0 fully saturated rings. The van der Waals surface area contributed by atoms with Crippen LogP contribution in [0.25, 0.3) is 0 Å². The highest BCUT2D eigenvalue weighted by atomic mass is 19.4. The minimum absolute atomic E-state index is 0.0782. The Kier molecular flexibility index (Phi) is 6.85. The molecule has 2 aromatic rings. The summed E-state index contributed by atoms with van der Waals surface area (Å²) in [6.45, 7) is 3.65. The van der Waals surface area contributed by atoms with Gasteiger partial charge in [-0.3, -0.25) is 0 Å². The number of hydrogen-bond acceptors (Lipinski definition) is 3. The van der Waals surface area contributed by atoms with Crippen molar-refractivity contribution in [2.24, 2.45) is 0 Å². The molecule has 0 aliphatic rings. The number of carbonyl (C=O) groups excluding carboxylic acids is 1. The summed E-state index contributed by atoms with van der Waals surface area (Å²) in [5.41, 5.74) is 3.20. The molecule has 0 aromatic heterocycles. The third-order valence-electron chi connectivity index (χ3n) is 4.26. The van der Waals surface area contributed by atoms with Crippen LogP contribution in [0.2, 0.25) is 0 Å². The summed E-state index contributed by atoms with van der Waals surface area (Å²) in [7, 11) is 0. The summed E-state index contributed by atoms with van der Waals surface area (Å²) in [5, 5.41) is 11.8. The topological polar surface area (TPSA) is 58.6 Å². The number of carbonyl (C=O) groups is 1. The smallest absolute Gasteiger partial charge is 0.416 e. The van der Waals surface area contributed by atoms with Crippen LogP contribution in [-0.2, 0) is 17.8 Å². The molecule has 0 aliphatic heterocycles. The van der Waals surface area contributed by atoms with Gasteiger partial charge in [0, 0.05) is 0 Å². The molecule has 0 radical (unpaired) electrons. The predicted molar refractivity (Wildman–Crippen MR) is 95.2 cm³/mol. The van der Waals surface area contributed by atoms with Crippen molar-refractivity contribution in [3.8, 4) is 0 Å². The Labute approximate surface area is 156 Å². The Morgan fingerprint density at radius 2 is 1.74 bits per heavy atom. The second kappa shape index (κ2) is 8.90. The van der Waals surface area contributed by atoms with Gasteiger partial charge in [0.15, 0.2) is 6.10 Å². The molecule has 0 bridgehead atoms. The van der Waals surface area contributed by atoms with E-state index >= 15 is 0 Å². The maximum absolute atomic E-state index is 13.0. The SMILES string of the molecule is Cc1ccc(CC(NC(=O)OCc2ccccc2)C(O)C(F)(F)F)cc1C. The van der Waals surface area contributed by atoms with Crippen molar-refractivity contribution in [3.05, 3.63) is 70.8 Å². The lowest BCUT2D eigenvalue weighted by molar-refractivity contribution is -0.211. The van der Waals surface area contributed by atoms with Gasteiger partial charge in [0.05, 0.1) is 6.04 Å². The Hall–Kier alpha value is -2.54. The van der Waals surface area contributed by atoms with Gasteiger partial charge >= 0.3 is 12.3 Å². The minimum atomic E-state index is -4.86. The van der Waals surface area contributed by atoms with E-state index < -0.39 is 24.4 Å². The fraction of sp³-hybridized carbons (Fsp3) is 0.350. The zero-order valence-corrected chi connectivity index (χ0v) is 15.1. The summed E-state index contributed by atoms with van der Waals surface area (Å²) in [4.78, 5) is 12.0. The van der Waals surface area contributed by atoms with E-state index in [4.69, 9.17) is 4.74 Å². The van der Waals surface area contributed by atoms with Crippen LogP contribution in [0.1, 0.15) is 22.3 Å². The molecule has 0 heterocycles. The van der Waals surface area contributed by atoms with Gasteiger partial charge in [0.25, 0.3) is 0 Å². The molecule has 146 valence electrons. The molecule has 4 nitrogen and oxygen atoms in total. The summed E-state index contributed by atoms with van der Waals surface area (Å²) in [6.07, 6.45) is -8.77. The highest BCUT2D eigenvalue weighted by molar-refractivity contribution is 5.67. The minimum Gasteiger partial charge on any atom is -0.445 e. The number of aliphatic hydroxyl groups excluding tert-OH is 1. The molecule has 2 aromatic carbocycles. The molecule has 0 aliphatic carbocycles. The number of alkyl carbamates (subject to hydrolysis) is 1. The van der Waals surface area contributed by atoms with E-state index in [2.05, 4.69) is 5.32 Å². The van der Waals surface area contributed by atoms with Gasteiger partial charge in [-0.1, -0.05) is 48.5 Å². The number of alkyl halides is 3. The first kappa shape index (κ1) is 20.8. The van der Waals surface area contributed by atoms with Crippen molar-refractivity contribution in [3.63, 3.8) is 0 Å². The van der Waals surface area contributed by atoms with Gasteiger partial charge in [-0.05, 0) is 42.5 Å². The molecule has 2 unspecified atom stereocenters. The average molecular weight is 381 g/mol. The van der Waals surface area contributed by atoms with Crippen LogP contribution in [0.3, 0.4) is 0 Å². The summed E-state index contributed by atoms with van der Waals surface area (Å²) in [6, 6.07) is 12.4. The molecule has 27 heavy (non-hydrogen) atoms. The maximum atomic E-state index is 13.0. The number of aryl methyl sites for hydroxylation is 2. The summed E-state index contributed by atoms with van der Waals surface area (Å²) >= 11 is 0. The van der Waals surface area contributed by atoms with Crippen molar-refractivity contribution in [1.29, 1.82) is 0 Å². The molecule has 0 spiro atoms. The number of ether oxygens (including phenoxy) is 1. The van der Waals surface area contributed by atoms with E-state index in [0.717, 1.165) is 11.1 Å². The van der Waals surface area contributed by atoms with Crippen molar-refractivity contribution in [2.45, 2.75) is 45.2 Å². The number of aliphatic hydroxyl groups is 1. The van der Waals surface area contributed by atoms with E-state index in [-0.39, 0.29) is 13.0 Å². The summed E-state index contributed by atoms with van der Waals surface area (Å²) < 4.78 is 44.0. The molecule has 7 heteroatoms. The highest BCUT2D eigenvalue weighted by Gasteiger charge is 2.44. The number of benzene rings is 2. The number of nitrogens with one attached hydrogen (secondary N) is 1. The molecular weight excluding hydrogens is 359 g/mol. The van der Waals surface area contributed by atoms with Gasteiger partial charge in [0.2, 0.25) is 0 Å². The number of rotatable bonds is 6. The zero-order chi connectivity index (χ0) is 20.0. The molecule has 1 amide bonds. The molecular formula is C20H22F3NO3. The van der Waals surface area contributed by atoms with E-state index in [1.807, 2.05) is 13.8 Å². The second-order valence-electron chi connectivity index (χ2n) is 6.42. The largest absolute Gasteiger partial charge is 0.445 e. The second-order valence-corrected chi connectivity index (χ2v) is 6.42. The molecule has 2 N–H and O–H groups in total. The summed E-state index contributed by atoms with van der Waals surface area (Å²) in [5.74, 6) is 0. The lowest BCUT2D eigenvalue weighted by Gasteiger charge is -2.26. The van der Waals surface area contributed by atoms with Gasteiger partial charge in [-0.2, -0.15) is 13.2 Å². The van der Waals surface area contributed by atoms with Crippen LogP contribution in [0, 0.1) is 13.8 Å². The van der Waals surface area contributed by atoms with Crippen LogP contribution < -0.4 is 5.32 Å². The molecule has 2 atom stereocenters. The van der Waals surface area contributed by atoms with Crippen molar-refractivity contribution in [2.75, 3.05) is 0 Å². The Morgan fingerprint density at radius 3 is 2.33 bits per heavy atom. The van der Waals surface area contributed by atoms with E-state index in [1.54, 1.807) is 48.5 Å². The molecule has 0 saturated heterocycles. The van der Waals surface area contributed by atoms with Crippen molar-refractivity contribution < 1.29 is 27.8 Å². The van der Waals surface area contributed by atoms with Gasteiger partial charge in [-0.25, -0.2) is 4.79 Å². The highest BCUT2D eigenvalue weighted by Crippen LogP contribution is 2.24. The number of hydrogen-bond donors (Lipinski definition) is 2. The molecule has 2 rings (SSSR count). The standard InChI is InChI=1S/C20H22F3NO3/c1-13-8-9-16(10-14(13)2)11-17(18(25)20(21,22)23)24-19(26)27-12-15-6-4-3-5-7-15/h3-10,17-18,25H,11-12H2,1-2H3,(H,24,26). The Morgan fingerprint density at radius 1 is 1.07 bits per heavy atom. The fourth-order valence-corrected chi connectivity index (χ4v) is 2.57. The van der Waals surface area contributed by atoms with Crippen LogP contribution in [0.5, 0.6) is 0 Å². The van der Waals surface area contributed by atoms with E-state index in [0.29, 0.717) is 11.1 Å². The lowest BCUT2D eigenvalue weighted by atomic mass is 9.98. The maximum Gasteiger partial charge on any atom is 0.416 e. The Balaban J connectivity index is 2.07. The van der Waals surface area contributed by atoms with Gasteiger partial charge < -0.3 is 15.2 Å². The van der Waals surface area contributed by atoms with E-state index in [9.17, 15) is 23.1 Å². The van der Waals surface area contributed by atoms with Crippen LogP contribution in [0.4, 0.5) is 18.0 Å². The Bertz CT molecular complexity index is 763. The van der Waals surface area contributed by atoms with Crippen molar-refractivity contribution in [1.82, 2.24) is 5.32 Å². The van der Waals surface area contributed by atoms with Crippen LogP contribution in [-0.4, -0.2) is 29.5 Å². The zero-order valence-electron chi connectivity index (χ0n) is 15.1. The lowest BCUT2D eigenvalue weighted by Crippen LogP contribution is -2.51. The third kappa shape index (κ3) is 6.29. The average Bonchev–Trinajstić information content (AvgIpc) is 2.62. The first-order valence-electron chi connectivity index (χ1n) is 8.45. The fourth-order valence-electron chi connectivity index (χ4n) is 2.57. The number of halogens is 3. The number of amides is 1. The first-order valence-corrected chi connectivity index (χ1v) is 8.45. The predicted octanol–water partition coefficient (Wildman–Crippen LogP) is 4.06. The third-order valence-corrected chi connectivity index (χ3v) is 4.26. The van der Waals surface area contributed by atoms with Crippen LogP contribution in [0.15, 0.2) is 48.5 Å². The van der Waals surface area contributed by atoms with E-state index in [1.165, 1.54) is 0 Å². The molecule has 0 saturated carbocycles. The first-order chi connectivity index (χ1) is 12.7. The van der Waals surface area contributed by atoms with Crippen LogP contribution >= 0.6 is 0 Å². The monoisotopic (exact) mass is 381 g/mol.